The summed E-state index contributed by atoms with van der Waals surface area (Å²) < 4.78 is 59.8. The van der Waals surface area contributed by atoms with Gasteiger partial charge in [-0.1, -0.05) is 6.07 Å². The molecular weight excluding hydrogens is 364 g/mol. The van der Waals surface area contributed by atoms with E-state index in [0.717, 1.165) is 17.7 Å². The Balaban J connectivity index is 1.82. The number of hydrogen-bond donors (Lipinski definition) is 1. The van der Waals surface area contributed by atoms with Crippen molar-refractivity contribution in [1.82, 2.24) is 14.6 Å². The number of sulfonamides is 1. The summed E-state index contributed by atoms with van der Waals surface area (Å²) in [4.78, 5) is 5.45. The second kappa shape index (κ2) is 8.17. The van der Waals surface area contributed by atoms with Crippen LogP contribution in [0.2, 0.25) is 0 Å². The van der Waals surface area contributed by atoms with E-state index in [1.165, 1.54) is 0 Å². The van der Waals surface area contributed by atoms with Crippen LogP contribution in [0.4, 0.5) is 8.78 Å². The van der Waals surface area contributed by atoms with Crippen LogP contribution in [0.25, 0.3) is 0 Å². The molecule has 1 aromatic heterocycles. The first kappa shape index (κ1) is 18.8. The van der Waals surface area contributed by atoms with Gasteiger partial charge in [0.2, 0.25) is 10.0 Å². The number of nitrogens with one attached hydrogen (secondary N) is 1. The maximum absolute atomic E-state index is 13.8. The minimum absolute atomic E-state index is 0.00395. The molecule has 1 N–H and O–H groups in total. The first-order valence-electron chi connectivity index (χ1n) is 8.14. The van der Waals surface area contributed by atoms with E-state index in [9.17, 15) is 17.2 Å². The highest BCUT2D eigenvalue weighted by Gasteiger charge is 2.26. The first-order chi connectivity index (χ1) is 12.5. The van der Waals surface area contributed by atoms with E-state index in [-0.39, 0.29) is 12.6 Å². The van der Waals surface area contributed by atoms with Crippen LogP contribution in [0, 0.1) is 11.6 Å². The third-order valence-electron chi connectivity index (χ3n) is 4.21. The molecule has 1 atom stereocenters. The van der Waals surface area contributed by atoms with Gasteiger partial charge in [-0.3, -0.25) is 9.88 Å². The molecule has 2 heterocycles. The van der Waals surface area contributed by atoms with Crippen LogP contribution < -0.4 is 4.72 Å². The maximum Gasteiger partial charge on any atom is 0.243 e. The number of morpholine rings is 1. The minimum Gasteiger partial charge on any atom is -0.379 e. The summed E-state index contributed by atoms with van der Waals surface area (Å²) in [5, 5.41) is 0. The highest BCUT2D eigenvalue weighted by Crippen LogP contribution is 2.22. The van der Waals surface area contributed by atoms with E-state index >= 15 is 0 Å². The predicted molar refractivity (Wildman–Crippen MR) is 90.9 cm³/mol. The summed E-state index contributed by atoms with van der Waals surface area (Å²) in [5.74, 6) is -1.81. The Morgan fingerprint density at radius 3 is 2.69 bits per heavy atom. The minimum atomic E-state index is -4.20. The highest BCUT2D eigenvalue weighted by molar-refractivity contribution is 7.89. The number of hydrogen-bond acceptors (Lipinski definition) is 5. The lowest BCUT2D eigenvalue weighted by Crippen LogP contribution is -2.43. The molecule has 0 amide bonds. The second-order valence-corrected chi connectivity index (χ2v) is 7.61. The third kappa shape index (κ3) is 4.42. The predicted octanol–water partition coefficient (Wildman–Crippen LogP) is 1.71. The van der Waals surface area contributed by atoms with Gasteiger partial charge >= 0.3 is 0 Å². The zero-order valence-electron chi connectivity index (χ0n) is 13.9. The van der Waals surface area contributed by atoms with Crippen molar-refractivity contribution in [2.24, 2.45) is 0 Å². The Labute approximate surface area is 150 Å². The number of nitrogens with zero attached hydrogens (tertiary/aromatic N) is 2. The van der Waals surface area contributed by atoms with Gasteiger partial charge < -0.3 is 4.74 Å². The fourth-order valence-corrected chi connectivity index (χ4v) is 3.99. The molecule has 3 rings (SSSR count). The van der Waals surface area contributed by atoms with Gasteiger partial charge in [-0.25, -0.2) is 21.9 Å². The van der Waals surface area contributed by atoms with Crippen LogP contribution in [0.1, 0.15) is 11.6 Å². The summed E-state index contributed by atoms with van der Waals surface area (Å²) in [7, 11) is -4.20. The molecule has 1 fully saturated rings. The van der Waals surface area contributed by atoms with Crippen molar-refractivity contribution in [2.75, 3.05) is 32.8 Å². The number of pyridine rings is 1. The summed E-state index contributed by atoms with van der Waals surface area (Å²) in [6, 6.07) is 5.67. The van der Waals surface area contributed by atoms with Crippen molar-refractivity contribution in [3.05, 3.63) is 59.9 Å². The van der Waals surface area contributed by atoms with Gasteiger partial charge in [0.1, 0.15) is 16.5 Å². The van der Waals surface area contributed by atoms with E-state index < -0.39 is 26.6 Å². The standard InChI is InChI=1S/C17H19F2N3O3S/c18-14-3-4-15(19)17(10-14)26(23,24)21-12-16(13-2-1-5-20-11-13)22-6-8-25-9-7-22/h1-5,10-11,16,21H,6-9,12H2/t16-/m1/s1. The quantitative estimate of drug-likeness (QED) is 0.822. The van der Waals surface area contributed by atoms with Crippen LogP contribution in [-0.4, -0.2) is 51.1 Å². The van der Waals surface area contributed by atoms with Gasteiger partial charge in [0.25, 0.3) is 0 Å². The molecule has 6 nitrogen and oxygen atoms in total. The van der Waals surface area contributed by atoms with Crippen molar-refractivity contribution in [2.45, 2.75) is 10.9 Å². The molecule has 2 aromatic rings. The Morgan fingerprint density at radius 1 is 1.23 bits per heavy atom. The van der Waals surface area contributed by atoms with Crippen LogP contribution in [-0.2, 0) is 14.8 Å². The average molecular weight is 383 g/mol. The molecule has 0 unspecified atom stereocenters. The van der Waals surface area contributed by atoms with E-state index in [2.05, 4.69) is 14.6 Å². The van der Waals surface area contributed by atoms with Gasteiger partial charge in [-0.05, 0) is 29.8 Å². The van der Waals surface area contributed by atoms with Crippen molar-refractivity contribution in [3.8, 4) is 0 Å². The van der Waals surface area contributed by atoms with Gasteiger partial charge in [-0.15, -0.1) is 0 Å². The molecule has 0 saturated carbocycles. The fraction of sp³-hybridized carbons (Fsp3) is 0.353. The molecule has 1 aromatic carbocycles. The molecule has 0 bridgehead atoms. The lowest BCUT2D eigenvalue weighted by molar-refractivity contribution is 0.0171. The molecule has 0 aliphatic carbocycles. The number of rotatable bonds is 6. The largest absolute Gasteiger partial charge is 0.379 e. The van der Waals surface area contributed by atoms with Crippen molar-refractivity contribution in [3.63, 3.8) is 0 Å². The zero-order valence-corrected chi connectivity index (χ0v) is 14.8. The van der Waals surface area contributed by atoms with E-state index in [1.807, 2.05) is 6.07 Å². The van der Waals surface area contributed by atoms with Crippen LogP contribution >= 0.6 is 0 Å². The van der Waals surface area contributed by atoms with Gasteiger partial charge in [0.05, 0.1) is 19.3 Å². The van der Waals surface area contributed by atoms with Crippen molar-refractivity contribution in [1.29, 1.82) is 0 Å². The van der Waals surface area contributed by atoms with Crippen LogP contribution in [0.5, 0.6) is 0 Å². The van der Waals surface area contributed by atoms with Gasteiger partial charge in [0, 0.05) is 32.0 Å². The lowest BCUT2D eigenvalue weighted by Gasteiger charge is -2.34. The SMILES string of the molecule is O=S(=O)(NC[C@H](c1cccnc1)N1CCOCC1)c1cc(F)ccc1F. The second-order valence-electron chi connectivity index (χ2n) is 5.88. The van der Waals surface area contributed by atoms with Crippen molar-refractivity contribution >= 4 is 10.0 Å². The molecule has 9 heteroatoms. The number of benzene rings is 1. The third-order valence-corrected chi connectivity index (χ3v) is 5.64. The van der Waals surface area contributed by atoms with Crippen LogP contribution in [0.15, 0.2) is 47.6 Å². The van der Waals surface area contributed by atoms with E-state index in [0.29, 0.717) is 32.4 Å². The normalized spacial score (nSPS) is 17.2. The Hall–Kier alpha value is -1.94. The summed E-state index contributed by atoms with van der Waals surface area (Å²) in [6.45, 7) is 2.36. The molecule has 1 saturated heterocycles. The fourth-order valence-electron chi connectivity index (χ4n) is 2.87. The molecule has 0 radical (unpaired) electrons. The zero-order chi connectivity index (χ0) is 18.6. The monoisotopic (exact) mass is 383 g/mol. The lowest BCUT2D eigenvalue weighted by atomic mass is 10.1. The Bertz CT molecular complexity index is 844. The van der Waals surface area contributed by atoms with Crippen molar-refractivity contribution < 1.29 is 21.9 Å². The summed E-state index contributed by atoms with van der Waals surface area (Å²) in [6.07, 6.45) is 3.30. The number of ether oxygens (including phenoxy) is 1. The Morgan fingerprint density at radius 2 is 2.00 bits per heavy atom. The molecule has 26 heavy (non-hydrogen) atoms. The van der Waals surface area contributed by atoms with Crippen LogP contribution in [0.3, 0.4) is 0 Å². The molecule has 140 valence electrons. The highest BCUT2D eigenvalue weighted by atomic mass is 32.2. The summed E-state index contributed by atoms with van der Waals surface area (Å²) >= 11 is 0. The first-order valence-corrected chi connectivity index (χ1v) is 9.62. The van der Waals surface area contributed by atoms with E-state index in [1.54, 1.807) is 18.5 Å². The average Bonchev–Trinajstić information content (AvgIpc) is 2.65. The smallest absolute Gasteiger partial charge is 0.243 e. The van der Waals surface area contributed by atoms with Gasteiger partial charge in [-0.2, -0.15) is 0 Å². The van der Waals surface area contributed by atoms with E-state index in [4.69, 9.17) is 4.74 Å². The number of aromatic nitrogens is 1. The topological polar surface area (TPSA) is 71.5 Å². The Kier molecular flexibility index (Phi) is 5.92. The molecule has 1 aliphatic rings. The molecule has 1 aliphatic heterocycles. The molecular formula is C17H19F2N3O3S. The maximum atomic E-state index is 13.8. The van der Waals surface area contributed by atoms with Gasteiger partial charge in [0.15, 0.2) is 0 Å². The summed E-state index contributed by atoms with van der Waals surface area (Å²) in [5.41, 5.74) is 0.830. The number of halogens is 2. The molecule has 0 spiro atoms.